The quantitative estimate of drug-likeness (QED) is 0.502. The predicted molar refractivity (Wildman–Crippen MR) is 124 cm³/mol. The monoisotopic (exact) mass is 493 g/mol. The number of aryl methyl sites for hydroxylation is 1. The molecule has 1 fully saturated rings. The highest BCUT2D eigenvalue weighted by atomic mass is 35.5. The van der Waals surface area contributed by atoms with Crippen molar-refractivity contribution in [1.82, 2.24) is 15.3 Å². The average molecular weight is 494 g/mol. The number of aromatic nitrogens is 2. The van der Waals surface area contributed by atoms with E-state index in [1.54, 1.807) is 30.5 Å². The van der Waals surface area contributed by atoms with Gasteiger partial charge in [0, 0.05) is 22.7 Å². The van der Waals surface area contributed by atoms with Gasteiger partial charge in [0.25, 0.3) is 10.1 Å². The van der Waals surface area contributed by atoms with Gasteiger partial charge >= 0.3 is 6.01 Å². The standard InChI is InChI=1S/C16H17ClFN3O.C7H8O3S/c17-13-2-1-12(14(18)9-13)10-22-16-20-8-5-15(21-16)11-3-6-19-7-4-11;1-6-2-4-7(5-3-6)11(8,9)10/h1-2,5,8-9,11,19H,3-4,6-7,10H2;2-5H,1H3,(H,8,9,10). The van der Waals surface area contributed by atoms with Gasteiger partial charge in [0.1, 0.15) is 12.4 Å². The Bertz CT molecular complexity index is 1170. The molecule has 1 saturated heterocycles. The second kappa shape index (κ2) is 11.5. The molecule has 0 aliphatic carbocycles. The van der Waals surface area contributed by atoms with Gasteiger partial charge in [0.05, 0.1) is 10.6 Å². The highest BCUT2D eigenvalue weighted by molar-refractivity contribution is 7.85. The number of halogens is 2. The Hall–Kier alpha value is -2.59. The molecular weight excluding hydrogens is 469 g/mol. The van der Waals surface area contributed by atoms with Crippen molar-refractivity contribution >= 4 is 21.7 Å². The number of hydrogen-bond acceptors (Lipinski definition) is 6. The minimum absolute atomic E-state index is 0.0666. The fourth-order valence-electron chi connectivity index (χ4n) is 3.26. The Morgan fingerprint density at radius 1 is 1.15 bits per heavy atom. The van der Waals surface area contributed by atoms with Crippen LogP contribution in [-0.4, -0.2) is 36.0 Å². The Balaban J connectivity index is 0.000000235. The van der Waals surface area contributed by atoms with E-state index in [0.717, 1.165) is 37.2 Å². The van der Waals surface area contributed by atoms with Crippen molar-refractivity contribution in [3.05, 3.63) is 82.4 Å². The highest BCUT2D eigenvalue weighted by Gasteiger charge is 2.17. The summed E-state index contributed by atoms with van der Waals surface area (Å²) in [6.07, 6.45) is 3.81. The van der Waals surface area contributed by atoms with E-state index in [1.807, 2.05) is 13.0 Å². The van der Waals surface area contributed by atoms with E-state index in [0.29, 0.717) is 16.5 Å². The van der Waals surface area contributed by atoms with Gasteiger partial charge in [-0.25, -0.2) is 9.37 Å². The maximum absolute atomic E-state index is 13.7. The molecule has 0 atom stereocenters. The Morgan fingerprint density at radius 2 is 1.85 bits per heavy atom. The third kappa shape index (κ3) is 7.75. The van der Waals surface area contributed by atoms with Crippen molar-refractivity contribution in [2.24, 2.45) is 0 Å². The molecule has 2 N–H and O–H groups in total. The van der Waals surface area contributed by atoms with E-state index in [-0.39, 0.29) is 23.3 Å². The number of ether oxygens (including phenoxy) is 1. The van der Waals surface area contributed by atoms with Gasteiger partial charge < -0.3 is 10.1 Å². The minimum Gasteiger partial charge on any atom is -0.458 e. The normalized spacial score (nSPS) is 14.3. The van der Waals surface area contributed by atoms with E-state index in [9.17, 15) is 12.8 Å². The molecule has 0 saturated carbocycles. The maximum atomic E-state index is 13.7. The molecule has 4 rings (SSSR count). The highest BCUT2D eigenvalue weighted by Crippen LogP contribution is 2.24. The number of nitrogens with one attached hydrogen (secondary N) is 1. The van der Waals surface area contributed by atoms with Crippen LogP contribution in [0.25, 0.3) is 0 Å². The van der Waals surface area contributed by atoms with Gasteiger partial charge in [-0.1, -0.05) is 35.4 Å². The molecule has 2 aromatic carbocycles. The summed E-state index contributed by atoms with van der Waals surface area (Å²) >= 11 is 5.73. The second-order valence-corrected chi connectivity index (χ2v) is 9.46. The van der Waals surface area contributed by atoms with Crippen molar-refractivity contribution < 1.29 is 22.1 Å². The first-order chi connectivity index (χ1) is 15.7. The molecule has 0 radical (unpaired) electrons. The Morgan fingerprint density at radius 3 is 2.48 bits per heavy atom. The van der Waals surface area contributed by atoms with E-state index in [2.05, 4.69) is 15.3 Å². The van der Waals surface area contributed by atoms with Crippen LogP contribution in [0.2, 0.25) is 5.02 Å². The fourth-order valence-corrected chi connectivity index (χ4v) is 3.90. The molecule has 176 valence electrons. The number of nitrogens with zero attached hydrogens (tertiary/aromatic N) is 2. The molecule has 33 heavy (non-hydrogen) atoms. The summed E-state index contributed by atoms with van der Waals surface area (Å²) in [7, 11) is -4.02. The molecule has 0 amide bonds. The summed E-state index contributed by atoms with van der Waals surface area (Å²) in [4.78, 5) is 8.48. The van der Waals surface area contributed by atoms with Gasteiger partial charge in [-0.05, 0) is 63.2 Å². The summed E-state index contributed by atoms with van der Waals surface area (Å²) in [5.41, 5.74) is 2.38. The van der Waals surface area contributed by atoms with E-state index < -0.39 is 10.1 Å². The van der Waals surface area contributed by atoms with Crippen molar-refractivity contribution in [2.45, 2.75) is 37.2 Å². The summed E-state index contributed by atoms with van der Waals surface area (Å²) in [5, 5.41) is 3.70. The van der Waals surface area contributed by atoms with Crippen molar-refractivity contribution in [2.75, 3.05) is 13.1 Å². The van der Waals surface area contributed by atoms with Crippen LogP contribution in [0.1, 0.15) is 35.6 Å². The number of hydrogen-bond donors (Lipinski definition) is 2. The van der Waals surface area contributed by atoms with Crippen LogP contribution in [0.4, 0.5) is 4.39 Å². The zero-order valence-corrected chi connectivity index (χ0v) is 19.6. The third-order valence-corrected chi connectivity index (χ3v) is 6.21. The molecule has 0 bridgehead atoms. The van der Waals surface area contributed by atoms with Gasteiger partial charge in [0.15, 0.2) is 0 Å². The topological polar surface area (TPSA) is 101 Å². The van der Waals surface area contributed by atoms with Gasteiger partial charge in [0.2, 0.25) is 0 Å². The molecule has 2 heterocycles. The zero-order chi connectivity index (χ0) is 23.8. The molecular formula is C23H25ClFN3O4S. The number of benzene rings is 2. The van der Waals surface area contributed by atoms with Crippen LogP contribution < -0.4 is 10.1 Å². The first-order valence-corrected chi connectivity index (χ1v) is 12.2. The smallest absolute Gasteiger partial charge is 0.316 e. The van der Waals surface area contributed by atoms with Crippen LogP contribution in [0.15, 0.2) is 59.6 Å². The van der Waals surface area contributed by atoms with Crippen LogP contribution >= 0.6 is 11.6 Å². The fraction of sp³-hybridized carbons (Fsp3) is 0.304. The number of piperidine rings is 1. The molecule has 0 unspecified atom stereocenters. The molecule has 0 spiro atoms. The molecule has 3 aromatic rings. The van der Waals surface area contributed by atoms with Crippen molar-refractivity contribution in [3.63, 3.8) is 0 Å². The Labute approximate surface area is 197 Å². The van der Waals surface area contributed by atoms with Crippen LogP contribution in [-0.2, 0) is 16.7 Å². The van der Waals surface area contributed by atoms with E-state index in [4.69, 9.17) is 20.9 Å². The maximum Gasteiger partial charge on any atom is 0.316 e. The second-order valence-electron chi connectivity index (χ2n) is 7.60. The molecule has 1 aromatic heterocycles. The average Bonchev–Trinajstić information content (AvgIpc) is 2.79. The van der Waals surface area contributed by atoms with Gasteiger partial charge in [-0.3, -0.25) is 4.55 Å². The third-order valence-electron chi connectivity index (χ3n) is 5.10. The summed E-state index contributed by atoms with van der Waals surface area (Å²) < 4.78 is 48.8. The van der Waals surface area contributed by atoms with Crippen LogP contribution in [0.3, 0.4) is 0 Å². The SMILES string of the molecule is Cc1ccc(S(=O)(=O)O)cc1.Fc1cc(Cl)ccc1COc1nccc(C2CCNCC2)n1. The first-order valence-electron chi connectivity index (χ1n) is 10.4. The van der Waals surface area contributed by atoms with Crippen LogP contribution in [0, 0.1) is 12.7 Å². The zero-order valence-electron chi connectivity index (χ0n) is 18.0. The lowest BCUT2D eigenvalue weighted by atomic mass is 9.94. The lowest BCUT2D eigenvalue weighted by Crippen LogP contribution is -2.27. The summed E-state index contributed by atoms with van der Waals surface area (Å²) in [6.45, 7) is 3.92. The molecule has 7 nitrogen and oxygen atoms in total. The van der Waals surface area contributed by atoms with Crippen molar-refractivity contribution in [1.29, 1.82) is 0 Å². The minimum atomic E-state index is -4.02. The predicted octanol–water partition coefficient (Wildman–Crippen LogP) is 4.56. The first kappa shape index (κ1) is 25.0. The number of rotatable bonds is 5. The van der Waals surface area contributed by atoms with Crippen LogP contribution in [0.5, 0.6) is 6.01 Å². The summed E-state index contributed by atoms with van der Waals surface area (Å²) in [6, 6.07) is 12.7. The van der Waals surface area contributed by atoms with E-state index >= 15 is 0 Å². The molecule has 1 aliphatic rings. The molecule has 1 aliphatic heterocycles. The van der Waals surface area contributed by atoms with Crippen molar-refractivity contribution in [3.8, 4) is 6.01 Å². The largest absolute Gasteiger partial charge is 0.458 e. The Kier molecular flexibility index (Phi) is 8.74. The lowest BCUT2D eigenvalue weighted by molar-refractivity contribution is 0.273. The lowest BCUT2D eigenvalue weighted by Gasteiger charge is -2.22. The van der Waals surface area contributed by atoms with E-state index in [1.165, 1.54) is 18.2 Å². The molecule has 10 heteroatoms. The van der Waals surface area contributed by atoms with Gasteiger partial charge in [-0.2, -0.15) is 13.4 Å². The summed E-state index contributed by atoms with van der Waals surface area (Å²) in [5.74, 6) is 0.0425. The van der Waals surface area contributed by atoms with Gasteiger partial charge in [-0.15, -0.1) is 0 Å².